The molecule has 0 spiro atoms. The van der Waals surface area contributed by atoms with E-state index in [1.165, 1.54) is 37.7 Å². The number of nitrogens with zero attached hydrogens (tertiary/aromatic N) is 2. The number of hydrogen-bond donors (Lipinski definition) is 3. The van der Waals surface area contributed by atoms with Crippen molar-refractivity contribution < 1.29 is 9.90 Å². The smallest absolute Gasteiger partial charge is 0.253 e. The van der Waals surface area contributed by atoms with Crippen LogP contribution >= 0.6 is 0 Å². The Kier molecular flexibility index (Phi) is 8.97. The monoisotopic (exact) mass is 536 g/mol. The number of unbranched alkanes of at least 4 members (excludes halogenated alkanes) is 1. The molecule has 6 nitrogen and oxygen atoms in total. The molecule has 3 N–H and O–H groups in total. The fraction of sp³-hybridized carbons (Fsp3) is 0.353. The van der Waals surface area contributed by atoms with E-state index in [9.17, 15) is 9.90 Å². The van der Waals surface area contributed by atoms with Crippen molar-refractivity contribution in [2.24, 2.45) is 4.99 Å². The van der Waals surface area contributed by atoms with E-state index in [1.807, 2.05) is 72.6 Å². The molecule has 0 atom stereocenters. The molecule has 1 heterocycles. The number of aromatic nitrogens is 1. The molecule has 0 unspecified atom stereocenters. The quantitative estimate of drug-likeness (QED) is 0.147. The first-order valence-electron chi connectivity index (χ1n) is 14.6. The van der Waals surface area contributed by atoms with Crippen molar-refractivity contribution in [2.75, 3.05) is 13.6 Å². The third kappa shape index (κ3) is 6.28. The molecule has 1 amide bonds. The van der Waals surface area contributed by atoms with E-state index in [0.29, 0.717) is 16.8 Å². The Morgan fingerprint density at radius 1 is 1.00 bits per heavy atom. The summed E-state index contributed by atoms with van der Waals surface area (Å²) in [5.74, 6) is 0.0568. The van der Waals surface area contributed by atoms with Gasteiger partial charge in [-0.3, -0.25) is 4.79 Å². The van der Waals surface area contributed by atoms with Crippen LogP contribution in [0.4, 0.5) is 5.69 Å². The van der Waals surface area contributed by atoms with Gasteiger partial charge in [-0.25, -0.2) is 4.99 Å². The van der Waals surface area contributed by atoms with Gasteiger partial charge in [0.25, 0.3) is 5.91 Å². The van der Waals surface area contributed by atoms with Crippen molar-refractivity contribution in [2.45, 2.75) is 64.5 Å². The maximum atomic E-state index is 13.5. The lowest BCUT2D eigenvalue weighted by Gasteiger charge is -2.31. The largest absolute Gasteiger partial charge is 0.494 e. The van der Waals surface area contributed by atoms with Crippen LogP contribution in [0.15, 0.2) is 77.8 Å². The summed E-state index contributed by atoms with van der Waals surface area (Å²) in [6.07, 6.45) is 8.04. The summed E-state index contributed by atoms with van der Waals surface area (Å²) >= 11 is 0. The molecule has 0 radical (unpaired) electrons. The SMILES string of the molecule is CCCCNCc1ccc(N=C(c2ccccc2)c2c(O)[nH]c3ccc(C(=O)N(C)C4CCCCC4)cc23)cc1. The standard InChI is InChI=1S/C34H40N4O2/c1-3-4-21-35-23-24-15-18-27(19-16-24)36-32(25-11-7-5-8-12-25)31-29-22-26(17-20-30(29)37-33(31)39)34(40)38(2)28-13-9-6-10-14-28/h5,7-8,11-12,15-20,22,28,35,37,39H,3-4,6,9-10,13-14,21,23H2,1-2H3. The van der Waals surface area contributed by atoms with Crippen LogP contribution in [0.2, 0.25) is 0 Å². The summed E-state index contributed by atoms with van der Waals surface area (Å²) in [5.41, 5.74) is 5.53. The fourth-order valence-electron chi connectivity index (χ4n) is 5.60. The average molecular weight is 537 g/mol. The first kappa shape index (κ1) is 27.7. The average Bonchev–Trinajstić information content (AvgIpc) is 3.33. The Hall–Kier alpha value is -3.90. The molecule has 1 aliphatic rings. The predicted octanol–water partition coefficient (Wildman–Crippen LogP) is 7.34. The number of nitrogens with one attached hydrogen (secondary N) is 2. The minimum Gasteiger partial charge on any atom is -0.494 e. The molecule has 6 heteroatoms. The molecule has 1 saturated carbocycles. The zero-order valence-electron chi connectivity index (χ0n) is 23.6. The van der Waals surface area contributed by atoms with Crippen LogP contribution in [-0.2, 0) is 6.54 Å². The molecule has 3 aromatic carbocycles. The van der Waals surface area contributed by atoms with Gasteiger partial charge in [-0.2, -0.15) is 0 Å². The van der Waals surface area contributed by atoms with Gasteiger partial charge in [-0.05, 0) is 61.7 Å². The van der Waals surface area contributed by atoms with Crippen LogP contribution in [0.5, 0.6) is 5.88 Å². The number of aliphatic imine (C=N–C) groups is 1. The van der Waals surface area contributed by atoms with E-state index >= 15 is 0 Å². The van der Waals surface area contributed by atoms with Crippen molar-refractivity contribution in [3.63, 3.8) is 0 Å². The molecular weight excluding hydrogens is 496 g/mol. The molecule has 0 aliphatic heterocycles. The van der Waals surface area contributed by atoms with Crippen LogP contribution in [0.1, 0.15) is 78.9 Å². The molecule has 1 aromatic heterocycles. The molecule has 5 rings (SSSR count). The lowest BCUT2D eigenvalue weighted by Crippen LogP contribution is -2.38. The van der Waals surface area contributed by atoms with Crippen LogP contribution in [0.3, 0.4) is 0 Å². The highest BCUT2D eigenvalue weighted by atomic mass is 16.3. The Balaban J connectivity index is 1.50. The van der Waals surface area contributed by atoms with Gasteiger partial charge < -0.3 is 20.3 Å². The van der Waals surface area contributed by atoms with E-state index < -0.39 is 0 Å². The second kappa shape index (κ2) is 13.0. The minimum absolute atomic E-state index is 0.0155. The first-order chi connectivity index (χ1) is 19.5. The van der Waals surface area contributed by atoms with E-state index in [0.717, 1.165) is 48.1 Å². The highest BCUT2D eigenvalue weighted by molar-refractivity contribution is 6.22. The number of hydrogen-bond acceptors (Lipinski definition) is 4. The second-order valence-electron chi connectivity index (χ2n) is 10.8. The lowest BCUT2D eigenvalue weighted by molar-refractivity contribution is 0.0696. The Morgan fingerprint density at radius 2 is 1.75 bits per heavy atom. The number of aromatic hydroxyl groups is 1. The summed E-state index contributed by atoms with van der Waals surface area (Å²) in [6.45, 7) is 4.03. The molecule has 208 valence electrons. The number of H-pyrrole nitrogens is 1. The van der Waals surface area contributed by atoms with Gasteiger partial charge in [0.1, 0.15) is 0 Å². The number of carbonyl (C=O) groups excluding carboxylic acids is 1. The number of fused-ring (bicyclic) bond motifs is 1. The van der Waals surface area contributed by atoms with Gasteiger partial charge in [-0.1, -0.05) is 75.1 Å². The summed E-state index contributed by atoms with van der Waals surface area (Å²) in [5, 5.41) is 15.4. The molecule has 4 aromatic rings. The lowest BCUT2D eigenvalue weighted by atomic mass is 9.94. The van der Waals surface area contributed by atoms with Crippen LogP contribution in [0.25, 0.3) is 10.9 Å². The molecule has 0 bridgehead atoms. The van der Waals surface area contributed by atoms with Crippen LogP contribution in [0, 0.1) is 0 Å². The van der Waals surface area contributed by atoms with E-state index in [-0.39, 0.29) is 17.8 Å². The van der Waals surface area contributed by atoms with Crippen molar-refractivity contribution in [3.05, 3.63) is 95.1 Å². The molecule has 1 fully saturated rings. The summed E-state index contributed by atoms with van der Waals surface area (Å²) in [7, 11) is 1.91. The van der Waals surface area contributed by atoms with Gasteiger partial charge >= 0.3 is 0 Å². The second-order valence-corrected chi connectivity index (χ2v) is 10.8. The number of amides is 1. The number of rotatable bonds is 10. The van der Waals surface area contributed by atoms with Gasteiger partial charge in [-0.15, -0.1) is 0 Å². The van der Waals surface area contributed by atoms with E-state index in [4.69, 9.17) is 4.99 Å². The Morgan fingerprint density at radius 3 is 2.48 bits per heavy atom. The number of benzene rings is 3. The highest BCUT2D eigenvalue weighted by Crippen LogP contribution is 2.33. The van der Waals surface area contributed by atoms with Crippen LogP contribution in [-0.4, -0.2) is 46.2 Å². The fourth-order valence-corrected chi connectivity index (χ4v) is 5.60. The Bertz CT molecular complexity index is 1450. The normalized spacial score (nSPS) is 14.5. The van der Waals surface area contributed by atoms with Crippen molar-refractivity contribution in [1.82, 2.24) is 15.2 Å². The zero-order valence-corrected chi connectivity index (χ0v) is 23.6. The van der Waals surface area contributed by atoms with Gasteiger partial charge in [0.2, 0.25) is 0 Å². The van der Waals surface area contributed by atoms with Gasteiger partial charge in [0.15, 0.2) is 5.88 Å². The first-order valence-corrected chi connectivity index (χ1v) is 14.6. The predicted molar refractivity (Wildman–Crippen MR) is 164 cm³/mol. The number of aromatic amines is 1. The summed E-state index contributed by atoms with van der Waals surface area (Å²) in [4.78, 5) is 23.5. The highest BCUT2D eigenvalue weighted by Gasteiger charge is 2.25. The molecular formula is C34H40N4O2. The van der Waals surface area contributed by atoms with E-state index in [2.05, 4.69) is 29.4 Å². The number of carbonyl (C=O) groups is 1. The third-order valence-electron chi connectivity index (χ3n) is 7.97. The molecule has 1 aliphatic carbocycles. The molecule has 40 heavy (non-hydrogen) atoms. The zero-order chi connectivity index (χ0) is 27.9. The Labute approximate surface area is 237 Å². The maximum absolute atomic E-state index is 13.5. The summed E-state index contributed by atoms with van der Waals surface area (Å²) < 4.78 is 0. The van der Waals surface area contributed by atoms with Crippen molar-refractivity contribution >= 4 is 28.2 Å². The maximum Gasteiger partial charge on any atom is 0.253 e. The van der Waals surface area contributed by atoms with Crippen molar-refractivity contribution in [1.29, 1.82) is 0 Å². The van der Waals surface area contributed by atoms with Gasteiger partial charge in [0, 0.05) is 41.7 Å². The van der Waals surface area contributed by atoms with E-state index in [1.54, 1.807) is 0 Å². The molecule has 0 saturated heterocycles. The van der Waals surface area contributed by atoms with Gasteiger partial charge in [0.05, 0.1) is 17.0 Å². The minimum atomic E-state index is 0.0155. The topological polar surface area (TPSA) is 80.7 Å². The van der Waals surface area contributed by atoms with Crippen LogP contribution < -0.4 is 5.32 Å². The third-order valence-corrected chi connectivity index (χ3v) is 7.97. The summed E-state index contributed by atoms with van der Waals surface area (Å²) in [6, 6.07) is 24.0. The van der Waals surface area contributed by atoms with Crippen molar-refractivity contribution in [3.8, 4) is 5.88 Å².